The maximum atomic E-state index is 6.11. The minimum absolute atomic E-state index is 0.216. The van der Waals surface area contributed by atoms with Gasteiger partial charge in [0.15, 0.2) is 17.0 Å². The molecule has 0 aliphatic carbocycles. The molecule has 0 bridgehead atoms. The zero-order valence-electron chi connectivity index (χ0n) is 13.0. The van der Waals surface area contributed by atoms with Crippen LogP contribution in [-0.2, 0) is 4.74 Å². The Kier molecular flexibility index (Phi) is 4.61. The predicted octanol–water partition coefficient (Wildman–Crippen LogP) is 2.27. The number of rotatable bonds is 5. The number of fused-ring (bicyclic) bond motifs is 1. The third-order valence-electron chi connectivity index (χ3n) is 3.98. The number of halogens is 1. The number of hydrogen-bond acceptors (Lipinski definition) is 7. The number of imidazole rings is 1. The number of nitrogens with one attached hydrogen (secondary N) is 1. The fourth-order valence-electron chi connectivity index (χ4n) is 2.74. The lowest BCUT2D eigenvalue weighted by molar-refractivity contribution is 0.0398. The summed E-state index contributed by atoms with van der Waals surface area (Å²) >= 11 is 7.74. The van der Waals surface area contributed by atoms with E-state index in [0.717, 1.165) is 50.6 Å². The summed E-state index contributed by atoms with van der Waals surface area (Å²) in [5.41, 5.74) is 2.46. The SMILES string of the molecule is Clc1nc(NCCN2CCOCC2)c2ncn(-c3ccsc3)c2n1. The molecule has 7 nitrogen and oxygen atoms in total. The predicted molar refractivity (Wildman–Crippen MR) is 95.3 cm³/mol. The first-order chi connectivity index (χ1) is 11.8. The van der Waals surface area contributed by atoms with Crippen molar-refractivity contribution in [2.45, 2.75) is 0 Å². The molecular weight excluding hydrogens is 348 g/mol. The van der Waals surface area contributed by atoms with E-state index in [0.29, 0.717) is 11.5 Å². The largest absolute Gasteiger partial charge is 0.379 e. The van der Waals surface area contributed by atoms with Gasteiger partial charge in [0.2, 0.25) is 5.28 Å². The highest BCUT2D eigenvalue weighted by atomic mass is 35.5. The second-order valence-electron chi connectivity index (χ2n) is 5.49. The van der Waals surface area contributed by atoms with Crippen LogP contribution in [0, 0.1) is 0 Å². The van der Waals surface area contributed by atoms with Gasteiger partial charge in [0.25, 0.3) is 0 Å². The molecule has 0 aromatic carbocycles. The van der Waals surface area contributed by atoms with Crippen molar-refractivity contribution in [3.63, 3.8) is 0 Å². The van der Waals surface area contributed by atoms with Crippen LogP contribution in [0.25, 0.3) is 16.9 Å². The first-order valence-electron chi connectivity index (χ1n) is 7.78. The molecule has 1 N–H and O–H groups in total. The van der Waals surface area contributed by atoms with Gasteiger partial charge >= 0.3 is 0 Å². The van der Waals surface area contributed by atoms with Crippen molar-refractivity contribution in [1.82, 2.24) is 24.4 Å². The molecule has 0 atom stereocenters. The van der Waals surface area contributed by atoms with Crippen LogP contribution < -0.4 is 5.32 Å². The minimum Gasteiger partial charge on any atom is -0.379 e. The number of ether oxygens (including phenoxy) is 1. The second kappa shape index (κ2) is 7.02. The molecule has 3 aromatic rings. The van der Waals surface area contributed by atoms with Crippen LogP contribution >= 0.6 is 22.9 Å². The summed E-state index contributed by atoms with van der Waals surface area (Å²) in [6.45, 7) is 5.23. The van der Waals surface area contributed by atoms with Gasteiger partial charge in [-0.15, -0.1) is 0 Å². The molecule has 1 saturated heterocycles. The average molecular weight is 365 g/mol. The highest BCUT2D eigenvalue weighted by molar-refractivity contribution is 7.08. The van der Waals surface area contributed by atoms with Gasteiger partial charge in [-0.2, -0.15) is 21.3 Å². The van der Waals surface area contributed by atoms with Crippen molar-refractivity contribution < 1.29 is 4.74 Å². The van der Waals surface area contributed by atoms with E-state index in [1.54, 1.807) is 17.7 Å². The second-order valence-corrected chi connectivity index (χ2v) is 6.61. The topological polar surface area (TPSA) is 68.1 Å². The Hall–Kier alpha value is -1.74. The maximum absolute atomic E-state index is 6.11. The molecule has 0 radical (unpaired) electrons. The number of thiophene rings is 1. The van der Waals surface area contributed by atoms with E-state index in [1.807, 2.05) is 21.4 Å². The number of aromatic nitrogens is 4. The molecule has 0 saturated carbocycles. The molecule has 1 aliphatic heterocycles. The van der Waals surface area contributed by atoms with E-state index in [9.17, 15) is 0 Å². The molecule has 4 rings (SSSR count). The third kappa shape index (κ3) is 3.23. The van der Waals surface area contributed by atoms with Crippen molar-refractivity contribution in [1.29, 1.82) is 0 Å². The summed E-state index contributed by atoms with van der Waals surface area (Å²) in [5, 5.41) is 7.62. The number of nitrogens with zero attached hydrogens (tertiary/aromatic N) is 5. The Labute approximate surface area is 148 Å². The average Bonchev–Trinajstić information content (AvgIpc) is 3.24. The van der Waals surface area contributed by atoms with E-state index in [-0.39, 0.29) is 5.28 Å². The smallest absolute Gasteiger partial charge is 0.226 e. The lowest BCUT2D eigenvalue weighted by atomic mass is 10.4. The van der Waals surface area contributed by atoms with Gasteiger partial charge in [-0.1, -0.05) is 0 Å². The summed E-state index contributed by atoms with van der Waals surface area (Å²) in [6.07, 6.45) is 1.75. The lowest BCUT2D eigenvalue weighted by Gasteiger charge is -2.26. The minimum atomic E-state index is 0.216. The van der Waals surface area contributed by atoms with Crippen molar-refractivity contribution in [3.8, 4) is 5.69 Å². The van der Waals surface area contributed by atoms with Crippen LogP contribution in [0.15, 0.2) is 23.2 Å². The highest BCUT2D eigenvalue weighted by Crippen LogP contribution is 2.24. The van der Waals surface area contributed by atoms with Crippen molar-refractivity contribution in [2.75, 3.05) is 44.7 Å². The van der Waals surface area contributed by atoms with Gasteiger partial charge in [0.1, 0.15) is 6.33 Å². The molecule has 9 heteroatoms. The standard InChI is InChI=1S/C15H17ClN6OS/c16-15-19-13(17-2-3-21-4-6-23-7-5-21)12-14(20-15)22(10-18-12)11-1-8-24-9-11/h1,8-10H,2-7H2,(H,17,19,20). The first kappa shape index (κ1) is 15.8. The number of hydrogen-bond donors (Lipinski definition) is 1. The van der Waals surface area contributed by atoms with Crippen LogP contribution in [0.4, 0.5) is 5.82 Å². The van der Waals surface area contributed by atoms with Crippen LogP contribution in [0.3, 0.4) is 0 Å². The Morgan fingerprint density at radius 1 is 1.29 bits per heavy atom. The zero-order valence-corrected chi connectivity index (χ0v) is 14.6. The molecule has 24 heavy (non-hydrogen) atoms. The molecule has 0 amide bonds. The third-order valence-corrected chi connectivity index (χ3v) is 4.82. The van der Waals surface area contributed by atoms with E-state index in [2.05, 4.69) is 25.2 Å². The summed E-state index contributed by atoms with van der Waals surface area (Å²) < 4.78 is 7.29. The normalized spacial score (nSPS) is 15.9. The van der Waals surface area contributed by atoms with Gasteiger partial charge in [0.05, 0.1) is 18.9 Å². The van der Waals surface area contributed by atoms with E-state index in [4.69, 9.17) is 16.3 Å². The van der Waals surface area contributed by atoms with Gasteiger partial charge in [-0.25, -0.2) is 4.98 Å². The van der Waals surface area contributed by atoms with E-state index in [1.165, 1.54) is 0 Å². The monoisotopic (exact) mass is 364 g/mol. The molecular formula is C15H17ClN6OS. The van der Waals surface area contributed by atoms with Crippen molar-refractivity contribution in [2.24, 2.45) is 0 Å². The quantitative estimate of drug-likeness (QED) is 0.700. The fraction of sp³-hybridized carbons (Fsp3) is 0.400. The van der Waals surface area contributed by atoms with E-state index >= 15 is 0 Å². The molecule has 0 unspecified atom stereocenters. The Balaban J connectivity index is 1.54. The van der Waals surface area contributed by atoms with Crippen LogP contribution in [0.2, 0.25) is 5.28 Å². The summed E-state index contributed by atoms with van der Waals surface area (Å²) in [4.78, 5) is 15.5. The Morgan fingerprint density at radius 2 is 2.17 bits per heavy atom. The fourth-order valence-corrected chi connectivity index (χ4v) is 3.53. The van der Waals surface area contributed by atoms with Crippen molar-refractivity contribution in [3.05, 3.63) is 28.4 Å². The summed E-state index contributed by atoms with van der Waals surface area (Å²) in [7, 11) is 0. The van der Waals surface area contributed by atoms with E-state index < -0.39 is 0 Å². The Morgan fingerprint density at radius 3 is 2.96 bits per heavy atom. The number of anilines is 1. The van der Waals surface area contributed by atoms with Crippen LogP contribution in [-0.4, -0.2) is 63.8 Å². The molecule has 3 aromatic heterocycles. The van der Waals surface area contributed by atoms with Crippen LogP contribution in [0.1, 0.15) is 0 Å². The summed E-state index contributed by atoms with van der Waals surface area (Å²) in [6, 6.07) is 2.02. The Bertz CT molecular complexity index is 815. The van der Waals surface area contributed by atoms with Gasteiger partial charge in [-0.05, 0) is 23.0 Å². The molecule has 0 spiro atoms. The first-order valence-corrected chi connectivity index (χ1v) is 9.10. The molecule has 126 valence electrons. The van der Waals surface area contributed by atoms with Gasteiger partial charge in [0, 0.05) is 31.6 Å². The van der Waals surface area contributed by atoms with Crippen molar-refractivity contribution >= 4 is 39.9 Å². The zero-order chi connectivity index (χ0) is 16.4. The van der Waals surface area contributed by atoms with Gasteiger partial charge in [-0.3, -0.25) is 9.47 Å². The molecule has 1 fully saturated rings. The maximum Gasteiger partial charge on any atom is 0.226 e. The molecule has 4 heterocycles. The lowest BCUT2D eigenvalue weighted by Crippen LogP contribution is -2.39. The van der Waals surface area contributed by atoms with Crippen LogP contribution in [0.5, 0.6) is 0 Å². The number of morpholine rings is 1. The molecule has 1 aliphatic rings. The summed E-state index contributed by atoms with van der Waals surface area (Å²) in [5.74, 6) is 0.673. The van der Waals surface area contributed by atoms with Gasteiger partial charge < -0.3 is 10.1 Å². The highest BCUT2D eigenvalue weighted by Gasteiger charge is 2.15.